The number of hydrogen-bond acceptors (Lipinski definition) is 5. The van der Waals surface area contributed by atoms with E-state index in [-0.39, 0.29) is 11.0 Å². The fourth-order valence-corrected chi connectivity index (χ4v) is 5.13. The Morgan fingerprint density at radius 2 is 1.97 bits per heavy atom. The quantitative estimate of drug-likeness (QED) is 0.450. The zero-order valence-corrected chi connectivity index (χ0v) is 22.8. The van der Waals surface area contributed by atoms with Gasteiger partial charge in [-0.25, -0.2) is 0 Å². The van der Waals surface area contributed by atoms with Gasteiger partial charge in [0, 0.05) is 38.4 Å². The highest BCUT2D eigenvalue weighted by Gasteiger charge is 2.30. The minimum absolute atomic E-state index is 0.314. The Kier molecular flexibility index (Phi) is 8.29. The van der Waals surface area contributed by atoms with Crippen molar-refractivity contribution in [3.63, 3.8) is 0 Å². The summed E-state index contributed by atoms with van der Waals surface area (Å²) in [6.45, 7) is 6.78. The van der Waals surface area contributed by atoms with Crippen LogP contribution in [0.1, 0.15) is 60.9 Å². The van der Waals surface area contributed by atoms with Crippen molar-refractivity contribution >= 4 is 11.6 Å². The van der Waals surface area contributed by atoms with Crippen LogP contribution < -0.4 is 10.9 Å². The van der Waals surface area contributed by atoms with Crippen molar-refractivity contribution in [1.29, 1.82) is 0 Å². The summed E-state index contributed by atoms with van der Waals surface area (Å²) in [5.41, 5.74) is 0.222. The first-order valence-corrected chi connectivity index (χ1v) is 13.1. The van der Waals surface area contributed by atoms with Gasteiger partial charge in [0.2, 0.25) is 0 Å². The molecule has 0 saturated carbocycles. The number of amides is 1. The smallest absolute Gasteiger partial charge is 0.322 e. The van der Waals surface area contributed by atoms with Gasteiger partial charge in [0.05, 0.1) is 0 Å². The lowest BCUT2D eigenvalue weighted by molar-refractivity contribution is -0.141. The number of piperidine rings is 1. The second-order valence-electron chi connectivity index (χ2n) is 11.2. The largest absolute Gasteiger partial charge is 0.406 e. The molecule has 1 N–H and O–H groups in total. The molecule has 210 valence electrons. The van der Waals surface area contributed by atoms with E-state index >= 15 is 0 Å². The molecule has 4 rings (SSSR count). The molecule has 1 saturated heterocycles. The predicted octanol–water partition coefficient (Wildman–Crippen LogP) is 4.54. The number of likely N-dealkylation sites (tertiary alicyclic amines) is 1. The third kappa shape index (κ3) is 7.35. The number of nitrogens with one attached hydrogen (secondary N) is 1. The monoisotopic (exact) mass is 544 g/mol. The number of carbonyl (C=O) groups excluding carboxylic acids is 1. The summed E-state index contributed by atoms with van der Waals surface area (Å²) in [4.78, 5) is 28.4. The van der Waals surface area contributed by atoms with Crippen molar-refractivity contribution in [2.24, 2.45) is 13.0 Å². The third-order valence-electron chi connectivity index (χ3n) is 7.19. The lowest BCUT2D eigenvalue weighted by atomic mass is 9.81. The van der Waals surface area contributed by atoms with Gasteiger partial charge < -0.3 is 14.5 Å². The molecule has 8 nitrogen and oxygen atoms in total. The van der Waals surface area contributed by atoms with Crippen LogP contribution in [0.25, 0.3) is 0 Å². The molecule has 1 amide bonds. The van der Waals surface area contributed by atoms with E-state index in [1.165, 1.54) is 12.3 Å². The Hall–Kier alpha value is -3.47. The molecule has 0 aliphatic carbocycles. The number of nitrogens with zero attached hydrogens (tertiary/aromatic N) is 5. The molecule has 0 unspecified atom stereocenters. The van der Waals surface area contributed by atoms with Crippen LogP contribution in [0, 0.1) is 5.92 Å². The molecule has 0 spiro atoms. The SMILES string of the molecule is C[C@H]1CCCN(Cc2cc(C(=O)Nc3cccc(C(C)(C)Cc4nncn4C)c3)c(=O)n(CC(F)(F)F)c2)C1. The van der Waals surface area contributed by atoms with E-state index in [0.29, 0.717) is 34.7 Å². The van der Waals surface area contributed by atoms with E-state index in [0.717, 1.165) is 37.3 Å². The number of benzene rings is 1. The molecule has 1 aliphatic heterocycles. The number of hydrogen-bond donors (Lipinski definition) is 1. The van der Waals surface area contributed by atoms with Gasteiger partial charge in [-0.15, -0.1) is 10.2 Å². The van der Waals surface area contributed by atoms with E-state index < -0.39 is 24.2 Å². The highest BCUT2D eigenvalue weighted by Crippen LogP contribution is 2.29. The van der Waals surface area contributed by atoms with E-state index in [1.54, 1.807) is 18.5 Å². The topological polar surface area (TPSA) is 85.1 Å². The summed E-state index contributed by atoms with van der Waals surface area (Å²) in [5, 5.41) is 10.8. The molecular formula is C28H35F3N6O2. The van der Waals surface area contributed by atoms with Crippen LogP contribution in [0.15, 0.2) is 47.7 Å². The lowest BCUT2D eigenvalue weighted by Gasteiger charge is -2.31. The van der Waals surface area contributed by atoms with Crippen LogP contribution in [0.5, 0.6) is 0 Å². The second kappa shape index (κ2) is 11.3. The molecular weight excluding hydrogens is 509 g/mol. The summed E-state index contributed by atoms with van der Waals surface area (Å²) >= 11 is 0. The van der Waals surface area contributed by atoms with Gasteiger partial charge in [0.25, 0.3) is 11.5 Å². The zero-order chi connectivity index (χ0) is 28.4. The molecule has 1 fully saturated rings. The number of carbonyl (C=O) groups is 1. The van der Waals surface area contributed by atoms with Gasteiger partial charge in [-0.1, -0.05) is 32.9 Å². The van der Waals surface area contributed by atoms with Crippen LogP contribution in [0.3, 0.4) is 0 Å². The maximum atomic E-state index is 13.3. The molecule has 39 heavy (non-hydrogen) atoms. The van der Waals surface area contributed by atoms with Crippen molar-refractivity contribution in [3.8, 4) is 0 Å². The molecule has 1 aliphatic rings. The van der Waals surface area contributed by atoms with Crippen molar-refractivity contribution in [3.05, 3.63) is 75.7 Å². The minimum Gasteiger partial charge on any atom is -0.322 e. The summed E-state index contributed by atoms with van der Waals surface area (Å²) in [6, 6.07) is 8.64. The summed E-state index contributed by atoms with van der Waals surface area (Å²) in [5.74, 6) is 0.542. The molecule has 1 atom stereocenters. The Morgan fingerprint density at radius 1 is 1.21 bits per heavy atom. The molecule has 3 heterocycles. The molecule has 0 bridgehead atoms. The van der Waals surface area contributed by atoms with Crippen molar-refractivity contribution in [2.75, 3.05) is 18.4 Å². The van der Waals surface area contributed by atoms with Gasteiger partial charge in [-0.3, -0.25) is 14.5 Å². The Bertz CT molecular complexity index is 1380. The van der Waals surface area contributed by atoms with Crippen LogP contribution in [-0.2, 0) is 32.0 Å². The first-order valence-electron chi connectivity index (χ1n) is 13.1. The molecule has 1 aromatic carbocycles. The molecule has 3 aromatic rings. The number of anilines is 1. The van der Waals surface area contributed by atoms with Crippen molar-refractivity contribution < 1.29 is 18.0 Å². The van der Waals surface area contributed by atoms with E-state index in [9.17, 15) is 22.8 Å². The summed E-state index contributed by atoms with van der Waals surface area (Å²) in [7, 11) is 1.87. The highest BCUT2D eigenvalue weighted by molar-refractivity contribution is 6.04. The van der Waals surface area contributed by atoms with Gasteiger partial charge in [0.15, 0.2) is 0 Å². The number of rotatable bonds is 8. The average molecular weight is 545 g/mol. The third-order valence-corrected chi connectivity index (χ3v) is 7.19. The van der Waals surface area contributed by atoms with E-state index in [1.807, 2.05) is 37.6 Å². The minimum atomic E-state index is -4.60. The molecule has 0 radical (unpaired) electrons. The van der Waals surface area contributed by atoms with Crippen LogP contribution in [-0.4, -0.2) is 49.4 Å². The predicted molar refractivity (Wildman–Crippen MR) is 143 cm³/mol. The van der Waals surface area contributed by atoms with E-state index in [2.05, 4.69) is 27.3 Å². The standard InChI is InChI=1S/C28H35F3N6O2/c1-19-7-6-10-36(14-19)15-20-11-23(26(39)37(16-20)17-28(29,30)31)25(38)33-22-9-5-8-21(12-22)27(2,3)13-24-34-32-18-35(24)4/h5,8-9,11-12,16,18-19H,6-7,10,13-15,17H2,1-4H3,(H,33,38)/t19-/m0/s1. The maximum Gasteiger partial charge on any atom is 0.406 e. The Morgan fingerprint density at radius 3 is 2.64 bits per heavy atom. The fraction of sp³-hybridized carbons (Fsp3) is 0.500. The number of aryl methyl sites for hydroxylation is 1. The first kappa shape index (κ1) is 28.5. The van der Waals surface area contributed by atoms with Gasteiger partial charge in [-0.05, 0) is 60.0 Å². The highest BCUT2D eigenvalue weighted by atomic mass is 19.4. The Labute approximate surface area is 225 Å². The van der Waals surface area contributed by atoms with Crippen molar-refractivity contribution in [1.82, 2.24) is 24.2 Å². The number of halogens is 3. The number of aromatic nitrogens is 4. The summed E-state index contributed by atoms with van der Waals surface area (Å²) in [6.07, 6.45) is 0.958. The maximum absolute atomic E-state index is 13.3. The lowest BCUT2D eigenvalue weighted by Crippen LogP contribution is -2.36. The van der Waals surface area contributed by atoms with Crippen molar-refractivity contribution in [2.45, 2.75) is 64.7 Å². The first-order chi connectivity index (χ1) is 18.3. The molecule has 11 heteroatoms. The summed E-state index contributed by atoms with van der Waals surface area (Å²) < 4.78 is 42.3. The second-order valence-corrected chi connectivity index (χ2v) is 11.2. The Balaban J connectivity index is 1.60. The number of alkyl halides is 3. The normalized spacial score (nSPS) is 16.8. The van der Waals surface area contributed by atoms with Crippen LogP contribution >= 0.6 is 0 Å². The molecule has 2 aromatic heterocycles. The van der Waals surface area contributed by atoms with Gasteiger partial charge >= 0.3 is 6.18 Å². The van der Waals surface area contributed by atoms with Gasteiger partial charge in [0.1, 0.15) is 24.3 Å². The fourth-order valence-electron chi connectivity index (χ4n) is 5.13. The van der Waals surface area contributed by atoms with Crippen LogP contribution in [0.4, 0.5) is 18.9 Å². The zero-order valence-electron chi connectivity index (χ0n) is 22.8. The average Bonchev–Trinajstić information content (AvgIpc) is 3.23. The number of pyridine rings is 1. The van der Waals surface area contributed by atoms with Gasteiger partial charge in [-0.2, -0.15) is 13.2 Å². The van der Waals surface area contributed by atoms with Crippen LogP contribution in [0.2, 0.25) is 0 Å². The van der Waals surface area contributed by atoms with E-state index in [4.69, 9.17) is 0 Å².